The summed E-state index contributed by atoms with van der Waals surface area (Å²) < 4.78 is 16.8. The second-order valence-corrected chi connectivity index (χ2v) is 6.01. The first-order valence-corrected chi connectivity index (χ1v) is 8.16. The van der Waals surface area contributed by atoms with E-state index in [2.05, 4.69) is 17.1 Å². The SMILES string of the molecule is c1ccc(COc2cnc3c(ccc4cc5c(cc43)OCO5)c2)cc1. The first-order chi connectivity index (χ1) is 12.4. The van der Waals surface area contributed by atoms with E-state index in [0.717, 1.165) is 44.5 Å². The second kappa shape index (κ2) is 5.67. The predicted molar refractivity (Wildman–Crippen MR) is 96.1 cm³/mol. The minimum absolute atomic E-state index is 0.272. The van der Waals surface area contributed by atoms with Crippen LogP contribution < -0.4 is 14.2 Å². The summed E-state index contributed by atoms with van der Waals surface area (Å²) >= 11 is 0. The van der Waals surface area contributed by atoms with Crippen LogP contribution in [-0.4, -0.2) is 11.8 Å². The molecule has 5 rings (SSSR count). The van der Waals surface area contributed by atoms with Gasteiger partial charge in [-0.3, -0.25) is 4.98 Å². The molecular formula is C21H15NO3. The van der Waals surface area contributed by atoms with Crippen LogP contribution in [0.3, 0.4) is 0 Å². The van der Waals surface area contributed by atoms with Gasteiger partial charge in [0.15, 0.2) is 11.5 Å². The molecule has 0 aliphatic carbocycles. The molecule has 1 aliphatic heterocycles. The van der Waals surface area contributed by atoms with Crippen LogP contribution in [0.1, 0.15) is 5.56 Å². The summed E-state index contributed by atoms with van der Waals surface area (Å²) in [5.74, 6) is 2.32. The molecule has 0 amide bonds. The van der Waals surface area contributed by atoms with Crippen molar-refractivity contribution in [3.05, 3.63) is 72.4 Å². The van der Waals surface area contributed by atoms with Gasteiger partial charge in [0.25, 0.3) is 0 Å². The molecule has 0 fully saturated rings. The number of ether oxygens (including phenoxy) is 3. The molecule has 0 bridgehead atoms. The van der Waals surface area contributed by atoms with Gasteiger partial charge in [0.1, 0.15) is 12.4 Å². The Hall–Kier alpha value is -3.27. The molecule has 0 radical (unpaired) electrons. The highest BCUT2D eigenvalue weighted by Crippen LogP contribution is 2.38. The molecule has 1 aromatic heterocycles. The highest BCUT2D eigenvalue weighted by molar-refractivity contribution is 6.06. The van der Waals surface area contributed by atoms with E-state index in [-0.39, 0.29) is 6.79 Å². The van der Waals surface area contributed by atoms with E-state index < -0.39 is 0 Å². The molecule has 25 heavy (non-hydrogen) atoms. The second-order valence-electron chi connectivity index (χ2n) is 6.01. The molecule has 0 saturated heterocycles. The van der Waals surface area contributed by atoms with Crippen LogP contribution in [0.2, 0.25) is 0 Å². The lowest BCUT2D eigenvalue weighted by atomic mass is 10.1. The lowest BCUT2D eigenvalue weighted by Gasteiger charge is -2.09. The highest BCUT2D eigenvalue weighted by atomic mass is 16.7. The highest BCUT2D eigenvalue weighted by Gasteiger charge is 2.15. The Morgan fingerprint density at radius 2 is 1.68 bits per heavy atom. The predicted octanol–water partition coefficient (Wildman–Crippen LogP) is 4.70. The molecule has 122 valence electrons. The van der Waals surface area contributed by atoms with E-state index in [0.29, 0.717) is 6.61 Å². The Morgan fingerprint density at radius 3 is 2.56 bits per heavy atom. The first kappa shape index (κ1) is 14.1. The summed E-state index contributed by atoms with van der Waals surface area (Å²) in [6, 6.07) is 20.3. The minimum atomic E-state index is 0.272. The van der Waals surface area contributed by atoms with Crippen LogP contribution in [0.5, 0.6) is 17.2 Å². The fraction of sp³-hybridized carbons (Fsp3) is 0.0952. The lowest BCUT2D eigenvalue weighted by molar-refractivity contribution is 0.174. The molecule has 3 aromatic carbocycles. The molecule has 4 heteroatoms. The van der Waals surface area contributed by atoms with Gasteiger partial charge >= 0.3 is 0 Å². The molecule has 1 aliphatic rings. The number of nitrogens with zero attached hydrogens (tertiary/aromatic N) is 1. The van der Waals surface area contributed by atoms with Gasteiger partial charge in [-0.2, -0.15) is 0 Å². The fourth-order valence-electron chi connectivity index (χ4n) is 3.11. The van der Waals surface area contributed by atoms with Crippen molar-refractivity contribution < 1.29 is 14.2 Å². The quantitative estimate of drug-likeness (QED) is 0.511. The Bertz CT molecular complexity index is 1080. The number of hydrogen-bond donors (Lipinski definition) is 0. The smallest absolute Gasteiger partial charge is 0.231 e. The zero-order valence-electron chi connectivity index (χ0n) is 13.4. The molecule has 4 aromatic rings. The number of benzene rings is 3. The van der Waals surface area contributed by atoms with E-state index in [1.165, 1.54) is 0 Å². The molecule has 0 saturated carbocycles. The van der Waals surface area contributed by atoms with Crippen molar-refractivity contribution in [2.45, 2.75) is 6.61 Å². The van der Waals surface area contributed by atoms with Crippen molar-refractivity contribution in [1.29, 1.82) is 0 Å². The number of pyridine rings is 1. The standard InChI is InChI=1S/C21H15NO3/c1-2-4-14(5-3-1)12-23-17-8-16-7-6-15-9-19-20(25-13-24-19)10-18(15)21(16)22-11-17/h1-11H,12-13H2. The Morgan fingerprint density at radius 1 is 0.880 bits per heavy atom. The molecule has 0 atom stereocenters. The van der Waals surface area contributed by atoms with Crippen molar-refractivity contribution >= 4 is 21.7 Å². The zero-order chi connectivity index (χ0) is 16.6. The number of hydrogen-bond acceptors (Lipinski definition) is 4. The molecule has 0 spiro atoms. The van der Waals surface area contributed by atoms with Gasteiger partial charge in [-0.05, 0) is 29.1 Å². The summed E-state index contributed by atoms with van der Waals surface area (Å²) in [7, 11) is 0. The third-order valence-electron chi connectivity index (χ3n) is 4.38. The van der Waals surface area contributed by atoms with Gasteiger partial charge < -0.3 is 14.2 Å². The minimum Gasteiger partial charge on any atom is -0.487 e. The maximum absolute atomic E-state index is 5.88. The van der Waals surface area contributed by atoms with Crippen LogP contribution >= 0.6 is 0 Å². The zero-order valence-corrected chi connectivity index (χ0v) is 13.4. The van der Waals surface area contributed by atoms with E-state index in [9.17, 15) is 0 Å². The Kier molecular flexibility index (Phi) is 3.20. The van der Waals surface area contributed by atoms with Crippen LogP contribution in [0.4, 0.5) is 0 Å². The largest absolute Gasteiger partial charge is 0.487 e. The molecule has 0 unspecified atom stereocenters. The van der Waals surface area contributed by atoms with Gasteiger partial charge in [0.2, 0.25) is 6.79 Å². The van der Waals surface area contributed by atoms with Crippen molar-refractivity contribution in [3.8, 4) is 17.2 Å². The third kappa shape index (κ3) is 2.52. The van der Waals surface area contributed by atoms with E-state index in [1.54, 1.807) is 6.20 Å². The maximum Gasteiger partial charge on any atom is 0.231 e. The van der Waals surface area contributed by atoms with Crippen LogP contribution in [0.25, 0.3) is 21.7 Å². The molecular weight excluding hydrogens is 314 g/mol. The van der Waals surface area contributed by atoms with Crippen molar-refractivity contribution in [3.63, 3.8) is 0 Å². The van der Waals surface area contributed by atoms with Crippen LogP contribution in [-0.2, 0) is 6.61 Å². The summed E-state index contributed by atoms with van der Waals surface area (Å²) in [4.78, 5) is 4.63. The van der Waals surface area contributed by atoms with E-state index in [4.69, 9.17) is 14.2 Å². The lowest BCUT2D eigenvalue weighted by Crippen LogP contribution is -1.95. The molecule has 4 nitrogen and oxygen atoms in total. The third-order valence-corrected chi connectivity index (χ3v) is 4.38. The average Bonchev–Trinajstić information content (AvgIpc) is 3.12. The fourth-order valence-corrected chi connectivity index (χ4v) is 3.11. The summed E-state index contributed by atoms with van der Waals surface area (Å²) in [5.41, 5.74) is 2.07. The topological polar surface area (TPSA) is 40.6 Å². The van der Waals surface area contributed by atoms with E-state index >= 15 is 0 Å². The van der Waals surface area contributed by atoms with Gasteiger partial charge in [0, 0.05) is 10.8 Å². The number of rotatable bonds is 3. The Balaban J connectivity index is 1.52. The average molecular weight is 329 g/mol. The normalized spacial score (nSPS) is 12.6. The Labute approximate surface area is 144 Å². The molecule has 2 heterocycles. The summed E-state index contributed by atoms with van der Waals surface area (Å²) in [5, 5.41) is 3.18. The van der Waals surface area contributed by atoms with Crippen molar-refractivity contribution in [2.24, 2.45) is 0 Å². The van der Waals surface area contributed by atoms with Gasteiger partial charge in [-0.1, -0.05) is 42.5 Å². The van der Waals surface area contributed by atoms with Gasteiger partial charge in [-0.15, -0.1) is 0 Å². The van der Waals surface area contributed by atoms with E-state index in [1.807, 2.05) is 48.5 Å². The van der Waals surface area contributed by atoms with Crippen LogP contribution in [0.15, 0.2) is 66.9 Å². The van der Waals surface area contributed by atoms with Gasteiger partial charge in [0.05, 0.1) is 11.7 Å². The number of aromatic nitrogens is 1. The molecule has 0 N–H and O–H groups in total. The summed E-state index contributed by atoms with van der Waals surface area (Å²) in [6.07, 6.45) is 1.77. The van der Waals surface area contributed by atoms with Crippen LogP contribution in [0, 0.1) is 0 Å². The first-order valence-electron chi connectivity index (χ1n) is 8.16. The van der Waals surface area contributed by atoms with Crippen molar-refractivity contribution in [1.82, 2.24) is 4.98 Å². The number of fused-ring (bicyclic) bond motifs is 4. The summed E-state index contributed by atoms with van der Waals surface area (Å²) in [6.45, 7) is 0.800. The monoisotopic (exact) mass is 329 g/mol. The van der Waals surface area contributed by atoms with Gasteiger partial charge in [-0.25, -0.2) is 0 Å². The maximum atomic E-state index is 5.88. The van der Waals surface area contributed by atoms with Crippen molar-refractivity contribution in [2.75, 3.05) is 6.79 Å².